The molecule has 0 spiro atoms. The summed E-state index contributed by atoms with van der Waals surface area (Å²) in [5.41, 5.74) is 1.38. The monoisotopic (exact) mass is 456 g/mol. The molecule has 0 aromatic heterocycles. The molecule has 2 unspecified atom stereocenters. The first kappa shape index (κ1) is 23.2. The molecule has 2 heterocycles. The van der Waals surface area contributed by atoms with Gasteiger partial charge in [0.15, 0.2) is 0 Å². The van der Waals surface area contributed by atoms with Gasteiger partial charge >= 0.3 is 0 Å². The van der Waals surface area contributed by atoms with Crippen molar-refractivity contribution < 1.29 is 28.2 Å². The molecule has 33 heavy (non-hydrogen) atoms. The van der Waals surface area contributed by atoms with Gasteiger partial charge in [-0.3, -0.25) is 9.59 Å². The van der Waals surface area contributed by atoms with Gasteiger partial charge in [-0.2, -0.15) is 0 Å². The third kappa shape index (κ3) is 5.89. The molecule has 2 fully saturated rings. The SMILES string of the molecule is COc1ccc(CN2CC(OCc3ccccc3F)CN(C(=O)C3CCCO3)CC2=O)cc1. The Morgan fingerprint density at radius 2 is 1.94 bits per heavy atom. The average Bonchev–Trinajstić information content (AvgIpc) is 3.32. The maximum Gasteiger partial charge on any atom is 0.252 e. The van der Waals surface area contributed by atoms with Crippen molar-refractivity contribution in [2.45, 2.75) is 38.2 Å². The van der Waals surface area contributed by atoms with E-state index in [1.165, 1.54) is 11.0 Å². The van der Waals surface area contributed by atoms with Crippen LogP contribution in [0.2, 0.25) is 0 Å². The van der Waals surface area contributed by atoms with Gasteiger partial charge in [-0.1, -0.05) is 30.3 Å². The van der Waals surface area contributed by atoms with Crippen LogP contribution in [0, 0.1) is 5.82 Å². The Labute approximate surface area is 193 Å². The van der Waals surface area contributed by atoms with E-state index in [2.05, 4.69) is 0 Å². The van der Waals surface area contributed by atoms with Gasteiger partial charge in [0.05, 0.1) is 26.4 Å². The van der Waals surface area contributed by atoms with Crippen molar-refractivity contribution in [1.82, 2.24) is 9.80 Å². The van der Waals surface area contributed by atoms with E-state index in [-0.39, 0.29) is 37.3 Å². The molecule has 0 N–H and O–H groups in total. The highest BCUT2D eigenvalue weighted by Gasteiger charge is 2.35. The standard InChI is InChI=1S/C25H29FN2O5/c1-31-20-10-8-18(9-11-20)13-27-14-21(33-17-19-5-2-3-6-22(19)26)15-28(16-24(27)29)25(30)23-7-4-12-32-23/h2-3,5-6,8-11,21,23H,4,7,12-17H2,1H3. The average molecular weight is 457 g/mol. The van der Waals surface area contributed by atoms with E-state index in [9.17, 15) is 14.0 Å². The highest BCUT2D eigenvalue weighted by atomic mass is 19.1. The molecule has 2 amide bonds. The number of benzene rings is 2. The predicted molar refractivity (Wildman–Crippen MR) is 119 cm³/mol. The number of halogens is 1. The summed E-state index contributed by atoms with van der Waals surface area (Å²) in [6, 6.07) is 13.9. The van der Waals surface area contributed by atoms with Gasteiger partial charge in [-0.15, -0.1) is 0 Å². The summed E-state index contributed by atoms with van der Waals surface area (Å²) in [5.74, 6) is 0.0470. The van der Waals surface area contributed by atoms with E-state index in [4.69, 9.17) is 14.2 Å². The summed E-state index contributed by atoms with van der Waals surface area (Å²) in [6.45, 7) is 1.50. The van der Waals surface area contributed by atoms with Crippen molar-refractivity contribution in [3.63, 3.8) is 0 Å². The molecule has 0 aliphatic carbocycles. The van der Waals surface area contributed by atoms with Crippen molar-refractivity contribution in [3.05, 3.63) is 65.5 Å². The van der Waals surface area contributed by atoms with Crippen LogP contribution >= 0.6 is 0 Å². The van der Waals surface area contributed by atoms with Crippen LogP contribution in [-0.2, 0) is 32.2 Å². The van der Waals surface area contributed by atoms with Gasteiger partial charge in [-0.05, 0) is 36.6 Å². The Kier molecular flexibility index (Phi) is 7.57. The number of hydrogen-bond donors (Lipinski definition) is 0. The van der Waals surface area contributed by atoms with Crippen molar-refractivity contribution in [1.29, 1.82) is 0 Å². The van der Waals surface area contributed by atoms with Gasteiger partial charge in [0.2, 0.25) is 5.91 Å². The Balaban J connectivity index is 1.50. The fraction of sp³-hybridized carbons (Fsp3) is 0.440. The normalized spacial score (nSPS) is 21.2. The van der Waals surface area contributed by atoms with Crippen molar-refractivity contribution >= 4 is 11.8 Å². The molecule has 2 atom stereocenters. The molecule has 2 aromatic rings. The molecule has 2 aliphatic rings. The van der Waals surface area contributed by atoms with E-state index in [1.54, 1.807) is 30.2 Å². The van der Waals surface area contributed by atoms with Crippen LogP contribution in [0.1, 0.15) is 24.0 Å². The number of methoxy groups -OCH3 is 1. The number of ether oxygens (including phenoxy) is 3. The van der Waals surface area contributed by atoms with E-state index in [0.717, 1.165) is 17.7 Å². The lowest BCUT2D eigenvalue weighted by molar-refractivity contribution is -0.145. The predicted octanol–water partition coefficient (Wildman–Crippen LogP) is 2.77. The molecule has 0 saturated carbocycles. The van der Waals surface area contributed by atoms with Crippen LogP contribution in [0.15, 0.2) is 48.5 Å². The van der Waals surface area contributed by atoms with Crippen LogP contribution in [0.4, 0.5) is 4.39 Å². The van der Waals surface area contributed by atoms with Crippen LogP contribution < -0.4 is 4.74 Å². The van der Waals surface area contributed by atoms with Crippen LogP contribution in [0.25, 0.3) is 0 Å². The van der Waals surface area contributed by atoms with Gasteiger partial charge in [0, 0.05) is 31.8 Å². The van der Waals surface area contributed by atoms with Gasteiger partial charge in [-0.25, -0.2) is 4.39 Å². The highest BCUT2D eigenvalue weighted by molar-refractivity contribution is 5.87. The van der Waals surface area contributed by atoms with Crippen LogP contribution in [0.5, 0.6) is 5.75 Å². The maximum absolute atomic E-state index is 14.1. The number of hydrogen-bond acceptors (Lipinski definition) is 5. The molecule has 0 bridgehead atoms. The molecule has 176 valence electrons. The summed E-state index contributed by atoms with van der Waals surface area (Å²) in [5, 5.41) is 0. The molecule has 7 nitrogen and oxygen atoms in total. The largest absolute Gasteiger partial charge is 0.497 e. The zero-order valence-electron chi connectivity index (χ0n) is 18.7. The Morgan fingerprint density at radius 3 is 2.64 bits per heavy atom. The minimum Gasteiger partial charge on any atom is -0.497 e. The second kappa shape index (κ2) is 10.8. The number of amides is 2. The first-order valence-corrected chi connectivity index (χ1v) is 11.2. The summed E-state index contributed by atoms with van der Waals surface area (Å²) < 4.78 is 30.9. The molecule has 8 heteroatoms. The van der Waals surface area contributed by atoms with Crippen molar-refractivity contribution in [3.8, 4) is 5.75 Å². The summed E-state index contributed by atoms with van der Waals surface area (Å²) in [7, 11) is 1.60. The minimum atomic E-state index is -0.516. The Bertz CT molecular complexity index is 962. The number of nitrogens with zero attached hydrogens (tertiary/aromatic N) is 2. The zero-order valence-corrected chi connectivity index (χ0v) is 18.7. The fourth-order valence-electron chi connectivity index (χ4n) is 4.16. The lowest BCUT2D eigenvalue weighted by atomic mass is 10.2. The molecular weight excluding hydrogens is 427 g/mol. The van der Waals surface area contributed by atoms with Crippen LogP contribution in [-0.4, -0.2) is 67.2 Å². The first-order chi connectivity index (χ1) is 16.0. The van der Waals surface area contributed by atoms with E-state index >= 15 is 0 Å². The number of rotatable bonds is 7. The quantitative estimate of drug-likeness (QED) is 0.641. The Hall–Kier alpha value is -2.97. The molecule has 0 radical (unpaired) electrons. The fourth-order valence-corrected chi connectivity index (χ4v) is 4.16. The van der Waals surface area contributed by atoms with E-state index in [0.29, 0.717) is 31.7 Å². The summed E-state index contributed by atoms with van der Waals surface area (Å²) in [6.07, 6.45) is 0.507. The zero-order chi connectivity index (χ0) is 23.2. The first-order valence-electron chi connectivity index (χ1n) is 11.2. The second-order valence-corrected chi connectivity index (χ2v) is 8.37. The maximum atomic E-state index is 14.1. The van der Waals surface area contributed by atoms with Gasteiger partial charge in [0.25, 0.3) is 5.91 Å². The number of carbonyl (C=O) groups is 2. The second-order valence-electron chi connectivity index (χ2n) is 8.37. The van der Waals surface area contributed by atoms with Gasteiger partial charge in [0.1, 0.15) is 17.7 Å². The minimum absolute atomic E-state index is 0.0333. The molecule has 4 rings (SSSR count). The van der Waals surface area contributed by atoms with Gasteiger partial charge < -0.3 is 24.0 Å². The highest BCUT2D eigenvalue weighted by Crippen LogP contribution is 2.20. The third-order valence-corrected chi connectivity index (χ3v) is 6.01. The molecule has 2 aromatic carbocycles. The smallest absolute Gasteiger partial charge is 0.252 e. The summed E-state index contributed by atoms with van der Waals surface area (Å²) in [4.78, 5) is 29.3. The number of carbonyl (C=O) groups excluding carboxylic acids is 2. The molecule has 2 aliphatic heterocycles. The topological polar surface area (TPSA) is 68.3 Å². The summed E-state index contributed by atoms with van der Waals surface area (Å²) >= 11 is 0. The lowest BCUT2D eigenvalue weighted by Crippen LogP contribution is -2.44. The van der Waals surface area contributed by atoms with E-state index < -0.39 is 12.2 Å². The molecular formula is C25H29FN2O5. The van der Waals surface area contributed by atoms with Crippen LogP contribution in [0.3, 0.4) is 0 Å². The third-order valence-electron chi connectivity index (χ3n) is 6.01. The van der Waals surface area contributed by atoms with Crippen molar-refractivity contribution in [2.24, 2.45) is 0 Å². The van der Waals surface area contributed by atoms with E-state index in [1.807, 2.05) is 24.3 Å². The van der Waals surface area contributed by atoms with Crippen molar-refractivity contribution in [2.75, 3.05) is 33.4 Å². The lowest BCUT2D eigenvalue weighted by Gasteiger charge is -2.26. The molecule has 2 saturated heterocycles. The Morgan fingerprint density at radius 1 is 1.15 bits per heavy atom.